The molecule has 0 bridgehead atoms. The van der Waals surface area contributed by atoms with E-state index < -0.39 is 0 Å². The molecule has 0 aliphatic heterocycles. The van der Waals surface area contributed by atoms with Gasteiger partial charge >= 0.3 is 0 Å². The van der Waals surface area contributed by atoms with E-state index in [-0.39, 0.29) is 1.43 Å². The average Bonchev–Trinajstić information content (AvgIpc) is 3.27. The van der Waals surface area contributed by atoms with Gasteiger partial charge in [0, 0.05) is 42.7 Å². The molecule has 1 atom stereocenters. The van der Waals surface area contributed by atoms with Crippen molar-refractivity contribution >= 4 is 22.1 Å². The summed E-state index contributed by atoms with van der Waals surface area (Å²) in [6.07, 6.45) is 13.5. The summed E-state index contributed by atoms with van der Waals surface area (Å²) in [7, 11) is 0. The Hall–Kier alpha value is -3.14. The van der Waals surface area contributed by atoms with Gasteiger partial charge in [0.1, 0.15) is 5.65 Å². The Balaban J connectivity index is 0.00000180. The maximum atomic E-state index is 4.67. The van der Waals surface area contributed by atoms with Crippen LogP contribution in [0.25, 0.3) is 33.3 Å². The monoisotopic (exact) mass is 342 g/mol. The third kappa shape index (κ3) is 2.37. The molecular weight excluding hydrogens is 320 g/mol. The minimum atomic E-state index is 0. The zero-order valence-electron chi connectivity index (χ0n) is 14.9. The van der Waals surface area contributed by atoms with Crippen molar-refractivity contribution in [3.8, 4) is 11.1 Å². The zero-order chi connectivity index (χ0) is 17.7. The smallest absolute Gasteiger partial charge is 0.137 e. The van der Waals surface area contributed by atoms with Gasteiger partial charge in [0.2, 0.25) is 0 Å². The maximum absolute atomic E-state index is 4.67. The van der Waals surface area contributed by atoms with E-state index in [1.165, 1.54) is 27.8 Å². The van der Waals surface area contributed by atoms with E-state index in [2.05, 4.69) is 59.3 Å². The molecule has 0 radical (unpaired) electrons. The summed E-state index contributed by atoms with van der Waals surface area (Å²) < 4.78 is 1.88. The van der Waals surface area contributed by atoms with E-state index in [9.17, 15) is 0 Å². The summed E-state index contributed by atoms with van der Waals surface area (Å²) >= 11 is 0. The molecule has 0 aromatic carbocycles. The average molecular weight is 342 g/mol. The second-order valence-corrected chi connectivity index (χ2v) is 7.17. The van der Waals surface area contributed by atoms with Gasteiger partial charge in [-0.25, -0.2) is 9.50 Å². The fraction of sp³-hybridized carbons (Fsp3) is 0.182. The molecule has 1 N–H and O–H groups in total. The molecule has 1 unspecified atom stereocenters. The van der Waals surface area contributed by atoms with Gasteiger partial charge in [-0.2, -0.15) is 5.10 Å². The SMILES string of the molecule is CC1=C(c2cnc3[nH]cc(-c4ccn5nccc5c4)c3c2)C=CC(C)C1.[HH]. The van der Waals surface area contributed by atoms with Gasteiger partial charge in [-0.05, 0) is 54.7 Å². The zero-order valence-corrected chi connectivity index (χ0v) is 14.9. The van der Waals surface area contributed by atoms with Crippen LogP contribution >= 0.6 is 0 Å². The number of nitrogens with zero attached hydrogens (tertiary/aromatic N) is 3. The van der Waals surface area contributed by atoms with Gasteiger partial charge < -0.3 is 4.98 Å². The Labute approximate surface area is 153 Å². The van der Waals surface area contributed by atoms with E-state index >= 15 is 0 Å². The van der Waals surface area contributed by atoms with Crippen LogP contribution in [0, 0.1) is 5.92 Å². The van der Waals surface area contributed by atoms with Crippen molar-refractivity contribution in [2.75, 3.05) is 0 Å². The van der Waals surface area contributed by atoms with E-state index in [0.717, 1.165) is 23.0 Å². The topological polar surface area (TPSA) is 46.0 Å². The molecule has 1 aliphatic rings. The Morgan fingerprint density at radius 3 is 3.04 bits per heavy atom. The van der Waals surface area contributed by atoms with Crippen molar-refractivity contribution in [1.82, 2.24) is 19.6 Å². The Kier molecular flexibility index (Phi) is 3.32. The fourth-order valence-corrected chi connectivity index (χ4v) is 3.89. The van der Waals surface area contributed by atoms with Crippen LogP contribution in [0.5, 0.6) is 0 Å². The Morgan fingerprint density at radius 2 is 2.15 bits per heavy atom. The van der Waals surface area contributed by atoms with Crippen LogP contribution in [0.1, 0.15) is 27.3 Å². The van der Waals surface area contributed by atoms with E-state index in [1.54, 1.807) is 0 Å². The van der Waals surface area contributed by atoms with Crippen molar-refractivity contribution in [1.29, 1.82) is 0 Å². The van der Waals surface area contributed by atoms with Gasteiger partial charge in [-0.3, -0.25) is 0 Å². The van der Waals surface area contributed by atoms with Crippen molar-refractivity contribution < 1.29 is 1.43 Å². The molecule has 0 saturated heterocycles. The minimum Gasteiger partial charge on any atom is -0.346 e. The Bertz CT molecular complexity index is 1200. The molecule has 5 rings (SSSR count). The molecule has 26 heavy (non-hydrogen) atoms. The van der Waals surface area contributed by atoms with Crippen LogP contribution in [0.4, 0.5) is 0 Å². The Morgan fingerprint density at radius 1 is 1.23 bits per heavy atom. The lowest BCUT2D eigenvalue weighted by Crippen LogP contribution is -2.00. The molecule has 0 spiro atoms. The van der Waals surface area contributed by atoms with E-state index in [0.29, 0.717) is 5.92 Å². The van der Waals surface area contributed by atoms with Gasteiger partial charge in [0.15, 0.2) is 0 Å². The van der Waals surface area contributed by atoms with E-state index in [4.69, 9.17) is 0 Å². The first-order chi connectivity index (χ1) is 12.7. The normalized spacial score (nSPS) is 17.5. The van der Waals surface area contributed by atoms with Crippen molar-refractivity contribution in [2.45, 2.75) is 20.3 Å². The highest BCUT2D eigenvalue weighted by atomic mass is 15.2. The summed E-state index contributed by atoms with van der Waals surface area (Å²) in [5.74, 6) is 0.612. The highest BCUT2D eigenvalue weighted by molar-refractivity contribution is 5.96. The van der Waals surface area contributed by atoms with Crippen LogP contribution < -0.4 is 0 Å². The third-order valence-electron chi connectivity index (χ3n) is 5.23. The van der Waals surface area contributed by atoms with Crippen molar-refractivity contribution in [2.24, 2.45) is 5.92 Å². The summed E-state index contributed by atoms with van der Waals surface area (Å²) in [6.45, 7) is 4.49. The summed E-state index contributed by atoms with van der Waals surface area (Å²) in [5, 5.41) is 5.43. The molecular formula is C22H22N4. The molecule has 4 heteroatoms. The number of allylic oxidation sites excluding steroid dienone is 4. The van der Waals surface area contributed by atoms with E-state index in [1.807, 2.05) is 35.4 Å². The van der Waals surface area contributed by atoms with Crippen LogP contribution in [-0.4, -0.2) is 19.6 Å². The lowest BCUT2D eigenvalue weighted by atomic mass is 9.88. The minimum absolute atomic E-state index is 0. The quantitative estimate of drug-likeness (QED) is 0.523. The predicted molar refractivity (Wildman–Crippen MR) is 108 cm³/mol. The summed E-state index contributed by atoms with van der Waals surface area (Å²) in [4.78, 5) is 7.98. The standard InChI is InChI=1S/C22H20N4.H2/c1-14-3-4-19(15(2)9-14)17-11-20-21(13-24-22(20)23-12-17)16-6-8-26-18(10-16)5-7-25-26;/h3-8,10-14H,9H2,1-2H3,(H,23,24);1H. The molecule has 0 fully saturated rings. The number of hydrogen-bond acceptors (Lipinski definition) is 2. The summed E-state index contributed by atoms with van der Waals surface area (Å²) in [6, 6.07) is 8.54. The van der Waals surface area contributed by atoms with Gasteiger partial charge in [-0.1, -0.05) is 24.6 Å². The number of aromatic amines is 1. The highest BCUT2D eigenvalue weighted by Crippen LogP contribution is 2.34. The van der Waals surface area contributed by atoms with Crippen molar-refractivity contribution in [3.05, 3.63) is 72.3 Å². The number of H-pyrrole nitrogens is 1. The van der Waals surface area contributed by atoms with Crippen LogP contribution in [0.2, 0.25) is 0 Å². The second kappa shape index (κ2) is 5.70. The maximum Gasteiger partial charge on any atom is 0.137 e. The molecule has 1 aliphatic carbocycles. The first-order valence-electron chi connectivity index (χ1n) is 8.98. The lowest BCUT2D eigenvalue weighted by Gasteiger charge is -2.17. The number of fused-ring (bicyclic) bond motifs is 2. The third-order valence-corrected chi connectivity index (χ3v) is 5.23. The molecule has 0 saturated carbocycles. The van der Waals surface area contributed by atoms with Gasteiger partial charge in [0.05, 0.1) is 5.52 Å². The summed E-state index contributed by atoms with van der Waals surface area (Å²) in [5.41, 5.74) is 8.26. The lowest BCUT2D eigenvalue weighted by molar-refractivity contribution is 0.710. The first kappa shape index (κ1) is 15.1. The number of aromatic nitrogens is 4. The highest BCUT2D eigenvalue weighted by Gasteiger charge is 2.14. The molecule has 4 aromatic heterocycles. The molecule has 4 heterocycles. The predicted octanol–water partition coefficient (Wildman–Crippen LogP) is 5.49. The second-order valence-electron chi connectivity index (χ2n) is 7.17. The largest absolute Gasteiger partial charge is 0.346 e. The molecule has 130 valence electrons. The van der Waals surface area contributed by atoms with Crippen molar-refractivity contribution in [3.63, 3.8) is 0 Å². The van der Waals surface area contributed by atoms with Gasteiger partial charge in [-0.15, -0.1) is 0 Å². The van der Waals surface area contributed by atoms with Gasteiger partial charge in [0.25, 0.3) is 0 Å². The first-order valence-corrected chi connectivity index (χ1v) is 8.98. The number of rotatable bonds is 2. The molecule has 0 amide bonds. The van der Waals surface area contributed by atoms with Crippen LogP contribution in [0.3, 0.4) is 0 Å². The molecule has 4 aromatic rings. The number of pyridine rings is 2. The number of nitrogens with one attached hydrogen (secondary N) is 1. The fourth-order valence-electron chi connectivity index (χ4n) is 3.89. The molecule has 4 nitrogen and oxygen atoms in total. The number of hydrogen-bond donors (Lipinski definition) is 1. The van der Waals surface area contributed by atoms with Crippen LogP contribution in [0.15, 0.2) is 66.8 Å². The van der Waals surface area contributed by atoms with Crippen LogP contribution in [-0.2, 0) is 0 Å².